The van der Waals surface area contributed by atoms with Gasteiger partial charge in [-0.2, -0.15) is 25.3 Å². The van der Waals surface area contributed by atoms with Gasteiger partial charge in [0.05, 0.1) is 18.8 Å². The van der Waals surface area contributed by atoms with Gasteiger partial charge in [0, 0.05) is 73.3 Å². The number of carboxylic acids is 1. The van der Waals surface area contributed by atoms with Crippen molar-refractivity contribution in [1.82, 2.24) is 68.8 Å². The molecule has 0 saturated heterocycles. The number of phenolic OH excluding ortho intramolecular Hbond substituents is 1. The number of para-hydroxylation sites is 1. The number of aromatic hydroxyl groups is 1. The number of hydrogen-bond donors (Lipinski definition) is 22. The predicted molar refractivity (Wildman–Crippen MR) is 411 cm³/mol. The molecule has 6 rings (SSSR count). The Morgan fingerprint density at radius 2 is 0.789 bits per heavy atom. The number of aliphatic hydroxyl groups is 3. The number of aromatic amines is 1. The number of aromatic nitrogens is 1. The highest BCUT2D eigenvalue weighted by molar-refractivity contribution is 7.80. The van der Waals surface area contributed by atoms with Crippen LogP contribution in [0, 0.1) is 0 Å². The molecule has 1 heterocycles. The molecule has 6 aromatic rings. The Labute approximate surface area is 641 Å². The number of thiol groups is 2. The zero-order valence-electron chi connectivity index (χ0n) is 60.7. The number of nitrogens with two attached hydrogens (primary N) is 2. The van der Waals surface area contributed by atoms with Crippen LogP contribution in [0.4, 0.5) is 4.79 Å². The van der Waals surface area contributed by atoms with Crippen LogP contribution in [0.3, 0.4) is 0 Å². The van der Waals surface area contributed by atoms with Crippen LogP contribution in [0.25, 0.3) is 10.9 Å². The normalized spacial score (nSPS) is 14.8. The Morgan fingerprint density at radius 1 is 0.422 bits per heavy atom. The van der Waals surface area contributed by atoms with Crippen LogP contribution in [0.15, 0.2) is 140 Å². The summed E-state index contributed by atoms with van der Waals surface area (Å²) in [6.45, 7) is 5.84. The van der Waals surface area contributed by atoms with Crippen molar-refractivity contribution in [2.45, 2.75) is 170 Å². The number of carbonyl (C=O) groups excluding carboxylic acids is 11. The number of hydrogen-bond acceptors (Lipinski definition) is 20. The zero-order chi connectivity index (χ0) is 79.9. The second-order valence-corrected chi connectivity index (χ2v) is 27.3. The standard InChI is InChI=1S/C75H99N15O17S2/c1-41(2)78-36-48-24-22-46(23-25-48)33-56(68(99)89-62(42(3)92)72(103)85-57(34-47-26-28-50(94)29-27-47)69(100)90-63(43(4)93)73(104)86-59(38-91)70(101)87-61(40-109)74(105)106)83-67(98)58(35-49-37-79-52-20-12-11-19-51(49)52)84-66(97)55(32-45-17-9-6-10-18-45)82-65(96)54(31-44-15-7-5-8-16-44)81-64(95)53(21-13-14-30-76)80-71(102)60(39-108)88-75(77)107/h5-12,15-20,22-29,37,41-43,53-63,78-79,91-94,108-109H,13-14,21,30-36,38-40,76H2,1-4H3,(H,80,102)(H,81,95)(H,82,96)(H,83,98)(H,84,97)(H,85,103)(H,86,104)(H,87,101)(H,89,99)(H,90,100)(H,105,106)(H3,77,88,107)/t42-,43-,53+,54+,55+,56+,57+,58-,59+,60+,61+,62+,63+/m1/s1. The van der Waals surface area contributed by atoms with Gasteiger partial charge in [-0.25, -0.2) is 9.59 Å². The van der Waals surface area contributed by atoms with Gasteiger partial charge in [-0.05, 0) is 91.2 Å². The van der Waals surface area contributed by atoms with E-state index in [1.54, 1.807) is 115 Å². The van der Waals surface area contributed by atoms with Crippen molar-refractivity contribution in [3.8, 4) is 5.75 Å². The molecule has 0 aliphatic rings. The second-order valence-electron chi connectivity index (χ2n) is 26.5. The van der Waals surface area contributed by atoms with Crippen molar-refractivity contribution in [3.63, 3.8) is 0 Å². The lowest BCUT2D eigenvalue weighted by atomic mass is 9.99. The third-order valence-electron chi connectivity index (χ3n) is 17.5. The molecule has 0 aliphatic heterocycles. The first-order valence-electron chi connectivity index (χ1n) is 35.4. The number of urea groups is 1. The van der Waals surface area contributed by atoms with Gasteiger partial charge >= 0.3 is 12.0 Å². The Balaban J connectivity index is 1.36. The summed E-state index contributed by atoms with van der Waals surface area (Å²) in [4.78, 5) is 172. The molecule has 0 spiro atoms. The largest absolute Gasteiger partial charge is 0.508 e. The van der Waals surface area contributed by atoms with Gasteiger partial charge in [-0.3, -0.25) is 47.9 Å². The van der Waals surface area contributed by atoms with Gasteiger partial charge < -0.3 is 106 Å². The number of H-pyrrole nitrogens is 1. The molecule has 0 aliphatic carbocycles. The Kier molecular flexibility index (Phi) is 35.2. The Bertz CT molecular complexity index is 4030. The number of carbonyl (C=O) groups is 12. The lowest BCUT2D eigenvalue weighted by molar-refractivity contribution is -0.142. The first kappa shape index (κ1) is 87.3. The number of nitrogens with one attached hydrogen (secondary N) is 13. The smallest absolute Gasteiger partial charge is 0.327 e. The van der Waals surface area contributed by atoms with E-state index in [1.165, 1.54) is 24.3 Å². The summed E-state index contributed by atoms with van der Waals surface area (Å²) in [6, 6.07) is 18.1. The minimum atomic E-state index is -1.95. The Hall–Kier alpha value is -10.6. The average molecular weight is 1550 g/mol. The number of rotatable bonds is 44. The van der Waals surface area contributed by atoms with Gasteiger partial charge in [0.2, 0.25) is 59.1 Å². The van der Waals surface area contributed by atoms with Crippen molar-refractivity contribution in [1.29, 1.82) is 0 Å². The highest BCUT2D eigenvalue weighted by Gasteiger charge is 2.39. The van der Waals surface area contributed by atoms with Crippen molar-refractivity contribution in [3.05, 3.63) is 173 Å². The molecule has 0 radical (unpaired) electrons. The molecule has 32 nitrogen and oxygen atoms in total. The maximum absolute atomic E-state index is 15.6. The van der Waals surface area contributed by atoms with E-state index < -0.39 is 163 Å². The van der Waals surface area contributed by atoms with Crippen molar-refractivity contribution < 1.29 is 83.1 Å². The van der Waals surface area contributed by atoms with E-state index in [-0.39, 0.29) is 61.9 Å². The van der Waals surface area contributed by atoms with E-state index in [0.717, 1.165) is 19.4 Å². The van der Waals surface area contributed by atoms with Gasteiger partial charge in [-0.15, -0.1) is 0 Å². The van der Waals surface area contributed by atoms with E-state index in [1.807, 2.05) is 13.8 Å². The fourth-order valence-electron chi connectivity index (χ4n) is 11.5. The van der Waals surface area contributed by atoms with Crippen LogP contribution in [-0.4, -0.2) is 211 Å². The molecule has 0 fully saturated rings. The molecule has 34 heteroatoms. The predicted octanol–water partition coefficient (Wildman–Crippen LogP) is -1.40. The minimum absolute atomic E-state index is 0.0472. The molecule has 22 N–H and O–H groups in total. The molecule has 0 bridgehead atoms. The molecule has 109 heavy (non-hydrogen) atoms. The number of unbranched alkanes of at least 4 members (excludes halogenated alkanes) is 1. The highest BCUT2D eigenvalue weighted by Crippen LogP contribution is 2.21. The summed E-state index contributed by atoms with van der Waals surface area (Å²) in [5.41, 5.74) is 15.1. The molecular formula is C75H99N15O17S2. The van der Waals surface area contributed by atoms with E-state index in [0.29, 0.717) is 58.1 Å². The zero-order valence-corrected chi connectivity index (χ0v) is 62.5. The van der Waals surface area contributed by atoms with E-state index >= 15 is 19.2 Å². The van der Waals surface area contributed by atoms with Crippen molar-refractivity contribution in [2.24, 2.45) is 11.5 Å². The van der Waals surface area contributed by atoms with Crippen LogP contribution in [0.5, 0.6) is 5.75 Å². The first-order valence-corrected chi connectivity index (χ1v) is 36.7. The molecule has 0 unspecified atom stereocenters. The highest BCUT2D eigenvalue weighted by atomic mass is 32.1. The molecule has 1 aromatic heterocycles. The maximum Gasteiger partial charge on any atom is 0.327 e. The van der Waals surface area contributed by atoms with Crippen LogP contribution < -0.4 is 75.3 Å². The van der Waals surface area contributed by atoms with Gasteiger partial charge in [-0.1, -0.05) is 129 Å². The summed E-state index contributed by atoms with van der Waals surface area (Å²) >= 11 is 8.08. The summed E-state index contributed by atoms with van der Waals surface area (Å²) in [5, 5.41) is 83.7. The maximum atomic E-state index is 15.6. The Morgan fingerprint density at radius 3 is 1.22 bits per heavy atom. The van der Waals surface area contributed by atoms with Gasteiger partial charge in [0.1, 0.15) is 72.2 Å². The van der Waals surface area contributed by atoms with Crippen molar-refractivity contribution >= 4 is 107 Å². The fraction of sp³-hybridized carbons (Fsp3) is 0.413. The fourth-order valence-corrected chi connectivity index (χ4v) is 12.0. The first-order chi connectivity index (χ1) is 52.0. The molecule has 5 aromatic carbocycles. The average Bonchev–Trinajstić information content (AvgIpc) is 1.77. The quantitative estimate of drug-likeness (QED) is 0.0154. The van der Waals surface area contributed by atoms with E-state index in [4.69, 9.17) is 11.5 Å². The summed E-state index contributed by atoms with van der Waals surface area (Å²) in [7, 11) is 0. The molecule has 13 atom stereocenters. The van der Waals surface area contributed by atoms with E-state index in [2.05, 4.69) is 94.0 Å². The topological polar surface area (TPSA) is 518 Å². The van der Waals surface area contributed by atoms with Crippen LogP contribution in [0.2, 0.25) is 0 Å². The SMILES string of the molecule is CC(C)NCc1ccc(C[C@H](NC(=O)[C@@H](Cc2c[nH]c3ccccc23)NC(=O)[C@H](Cc2ccccc2)NC(=O)[C@H](Cc2ccccc2)NC(=O)[C@H](CCCCN)NC(=O)[C@H](CS)NC(N)=O)C(=O)N[C@H](C(=O)N[C@@H](Cc2ccc(O)cc2)C(=O)N[C@H](C(=O)N[C@@H](CO)C(=O)N[C@@H](CS)C(=O)O)[C@@H](C)O)[C@@H](C)O)cc1. The molecule has 588 valence electrons. The third kappa shape index (κ3) is 28.2. The number of benzene rings is 5. The summed E-state index contributed by atoms with van der Waals surface area (Å²) < 4.78 is 0. The number of amides is 12. The minimum Gasteiger partial charge on any atom is -0.508 e. The molecule has 0 saturated carbocycles. The summed E-state index contributed by atoms with van der Waals surface area (Å²) in [6.07, 6.45) is -2.31. The van der Waals surface area contributed by atoms with Crippen molar-refractivity contribution in [2.75, 3.05) is 24.7 Å². The van der Waals surface area contributed by atoms with Gasteiger partial charge in [0.25, 0.3) is 0 Å². The number of aliphatic hydroxyl groups excluding tert-OH is 3. The third-order valence-corrected chi connectivity index (χ3v) is 18.2. The lowest BCUT2D eigenvalue weighted by Gasteiger charge is -2.29. The number of carboxylic acid groups (broad SMARTS) is 1. The van der Waals surface area contributed by atoms with E-state index in [9.17, 15) is 63.9 Å². The molecule has 12 amide bonds. The number of phenols is 1. The van der Waals surface area contributed by atoms with Crippen LogP contribution in [-0.2, 0) is 91.4 Å². The van der Waals surface area contributed by atoms with Gasteiger partial charge in [0.15, 0.2) is 0 Å². The summed E-state index contributed by atoms with van der Waals surface area (Å²) in [5.74, 6) is -12.4. The lowest BCUT2D eigenvalue weighted by Crippen LogP contribution is -2.63. The number of aliphatic carboxylic acids is 1. The van der Waals surface area contributed by atoms with Crippen LogP contribution in [0.1, 0.15) is 80.3 Å². The number of fused-ring (bicyclic) bond motifs is 1. The second kappa shape index (κ2) is 44.0. The molecular weight excluding hydrogens is 1450 g/mol. The van der Waals surface area contributed by atoms with Crippen LogP contribution >= 0.6 is 25.3 Å². The monoisotopic (exact) mass is 1550 g/mol. The number of primary amides is 1.